The van der Waals surface area contributed by atoms with E-state index in [1.807, 2.05) is 0 Å². The van der Waals surface area contributed by atoms with E-state index in [9.17, 15) is 0 Å². The number of rotatable bonds is 2. The summed E-state index contributed by atoms with van der Waals surface area (Å²) in [6, 6.07) is 10.9. The third-order valence-electron chi connectivity index (χ3n) is 4.12. The molecule has 1 aromatic carbocycles. The lowest BCUT2D eigenvalue weighted by atomic mass is 9.81. The van der Waals surface area contributed by atoms with Gasteiger partial charge in [0.25, 0.3) is 0 Å². The van der Waals surface area contributed by atoms with Gasteiger partial charge in [0.05, 0.1) is 0 Å². The van der Waals surface area contributed by atoms with Gasteiger partial charge < -0.3 is 5.32 Å². The van der Waals surface area contributed by atoms with E-state index in [1.54, 1.807) is 0 Å². The SMILES string of the molecule is c1ccc(CN2CCCCC23CNC3)cc1. The Bertz CT molecular complexity index is 343. The molecule has 0 aromatic heterocycles. The van der Waals surface area contributed by atoms with Crippen LogP contribution in [0.4, 0.5) is 0 Å². The molecule has 0 saturated carbocycles. The maximum absolute atomic E-state index is 3.45. The monoisotopic (exact) mass is 216 g/mol. The highest BCUT2D eigenvalue weighted by Gasteiger charge is 2.43. The highest BCUT2D eigenvalue weighted by molar-refractivity contribution is 5.16. The van der Waals surface area contributed by atoms with Crippen LogP contribution in [0, 0.1) is 0 Å². The average molecular weight is 216 g/mol. The lowest BCUT2D eigenvalue weighted by Crippen LogP contribution is -2.69. The van der Waals surface area contributed by atoms with E-state index in [4.69, 9.17) is 0 Å². The summed E-state index contributed by atoms with van der Waals surface area (Å²) < 4.78 is 0. The molecule has 2 saturated heterocycles. The Labute approximate surface area is 97.6 Å². The van der Waals surface area contributed by atoms with Crippen LogP contribution in [0.1, 0.15) is 24.8 Å². The van der Waals surface area contributed by atoms with E-state index in [2.05, 4.69) is 40.5 Å². The van der Waals surface area contributed by atoms with Crippen LogP contribution < -0.4 is 5.32 Å². The highest BCUT2D eigenvalue weighted by atomic mass is 15.3. The van der Waals surface area contributed by atoms with Gasteiger partial charge in [-0.3, -0.25) is 4.90 Å². The molecule has 0 amide bonds. The smallest absolute Gasteiger partial charge is 0.0461 e. The predicted molar refractivity (Wildman–Crippen MR) is 66.3 cm³/mol. The van der Waals surface area contributed by atoms with Crippen LogP contribution in [0.25, 0.3) is 0 Å². The van der Waals surface area contributed by atoms with Crippen LogP contribution in [0.3, 0.4) is 0 Å². The minimum atomic E-state index is 0.494. The summed E-state index contributed by atoms with van der Waals surface area (Å²) in [6.45, 7) is 4.79. The first-order chi connectivity index (χ1) is 7.89. The van der Waals surface area contributed by atoms with Crippen molar-refractivity contribution < 1.29 is 0 Å². The Morgan fingerprint density at radius 2 is 1.94 bits per heavy atom. The summed E-state index contributed by atoms with van der Waals surface area (Å²) in [5.41, 5.74) is 1.95. The van der Waals surface area contributed by atoms with E-state index >= 15 is 0 Å². The molecule has 2 nitrogen and oxygen atoms in total. The van der Waals surface area contributed by atoms with Gasteiger partial charge in [0, 0.05) is 25.2 Å². The largest absolute Gasteiger partial charge is 0.313 e. The van der Waals surface area contributed by atoms with Gasteiger partial charge >= 0.3 is 0 Å². The van der Waals surface area contributed by atoms with E-state index in [0.29, 0.717) is 5.54 Å². The molecular weight excluding hydrogens is 196 g/mol. The molecule has 3 rings (SSSR count). The van der Waals surface area contributed by atoms with E-state index in [-0.39, 0.29) is 0 Å². The fourth-order valence-corrected chi connectivity index (χ4v) is 3.02. The third kappa shape index (κ3) is 1.76. The maximum atomic E-state index is 3.45. The van der Waals surface area contributed by atoms with Crippen molar-refractivity contribution in [1.82, 2.24) is 10.2 Å². The number of nitrogens with zero attached hydrogens (tertiary/aromatic N) is 1. The van der Waals surface area contributed by atoms with Gasteiger partial charge in [0.15, 0.2) is 0 Å². The van der Waals surface area contributed by atoms with Gasteiger partial charge in [-0.05, 0) is 24.9 Å². The van der Waals surface area contributed by atoms with Crippen molar-refractivity contribution in [3.8, 4) is 0 Å². The van der Waals surface area contributed by atoms with Crippen molar-refractivity contribution in [1.29, 1.82) is 0 Å². The van der Waals surface area contributed by atoms with Crippen LogP contribution in [-0.4, -0.2) is 30.1 Å². The van der Waals surface area contributed by atoms with Crippen molar-refractivity contribution in [2.24, 2.45) is 0 Å². The Kier molecular flexibility index (Phi) is 2.70. The number of likely N-dealkylation sites (tertiary alicyclic amines) is 1. The summed E-state index contributed by atoms with van der Waals surface area (Å²) in [6.07, 6.45) is 4.16. The minimum Gasteiger partial charge on any atom is -0.313 e. The van der Waals surface area contributed by atoms with Crippen LogP contribution in [0.2, 0.25) is 0 Å². The number of piperidine rings is 1. The molecule has 0 radical (unpaired) electrons. The molecule has 0 unspecified atom stereocenters. The highest BCUT2D eigenvalue weighted by Crippen LogP contribution is 2.32. The molecule has 1 N–H and O–H groups in total. The Hall–Kier alpha value is -0.860. The molecule has 0 aliphatic carbocycles. The second kappa shape index (κ2) is 4.19. The van der Waals surface area contributed by atoms with Gasteiger partial charge in [0.1, 0.15) is 0 Å². The summed E-state index contributed by atoms with van der Waals surface area (Å²) in [4.78, 5) is 2.70. The van der Waals surface area contributed by atoms with Crippen molar-refractivity contribution in [2.75, 3.05) is 19.6 Å². The fourth-order valence-electron chi connectivity index (χ4n) is 3.02. The first kappa shape index (κ1) is 10.3. The summed E-state index contributed by atoms with van der Waals surface area (Å²) in [7, 11) is 0. The molecule has 2 heterocycles. The van der Waals surface area contributed by atoms with Crippen molar-refractivity contribution in [3.05, 3.63) is 35.9 Å². The summed E-state index contributed by atoms with van der Waals surface area (Å²) >= 11 is 0. The zero-order chi connectivity index (χ0) is 10.8. The lowest BCUT2D eigenvalue weighted by Gasteiger charge is -2.53. The maximum Gasteiger partial charge on any atom is 0.0461 e. The molecule has 1 aromatic rings. The predicted octanol–water partition coefficient (Wildman–Crippen LogP) is 2.01. The second-order valence-corrected chi connectivity index (χ2v) is 5.19. The van der Waals surface area contributed by atoms with Crippen LogP contribution in [0.5, 0.6) is 0 Å². The van der Waals surface area contributed by atoms with E-state index in [1.165, 1.54) is 44.5 Å². The Morgan fingerprint density at radius 1 is 1.12 bits per heavy atom. The molecule has 2 heteroatoms. The van der Waals surface area contributed by atoms with Gasteiger partial charge in [-0.15, -0.1) is 0 Å². The van der Waals surface area contributed by atoms with Gasteiger partial charge in [-0.1, -0.05) is 36.8 Å². The van der Waals surface area contributed by atoms with Crippen LogP contribution >= 0.6 is 0 Å². The van der Waals surface area contributed by atoms with Gasteiger partial charge in [-0.2, -0.15) is 0 Å². The van der Waals surface area contributed by atoms with Gasteiger partial charge in [-0.25, -0.2) is 0 Å². The number of hydrogen-bond donors (Lipinski definition) is 1. The van der Waals surface area contributed by atoms with E-state index in [0.717, 1.165) is 6.54 Å². The molecule has 0 bridgehead atoms. The quantitative estimate of drug-likeness (QED) is 0.813. The second-order valence-electron chi connectivity index (χ2n) is 5.19. The van der Waals surface area contributed by atoms with Crippen molar-refractivity contribution in [2.45, 2.75) is 31.3 Å². The average Bonchev–Trinajstić information content (AvgIpc) is 2.29. The summed E-state index contributed by atoms with van der Waals surface area (Å²) in [5.74, 6) is 0. The molecular formula is C14H20N2. The normalized spacial score (nSPS) is 24.2. The molecule has 2 fully saturated rings. The van der Waals surface area contributed by atoms with Gasteiger partial charge in [0.2, 0.25) is 0 Å². The minimum absolute atomic E-state index is 0.494. The first-order valence-electron chi connectivity index (χ1n) is 6.39. The molecule has 2 aliphatic rings. The zero-order valence-electron chi connectivity index (χ0n) is 9.78. The Morgan fingerprint density at radius 3 is 2.62 bits per heavy atom. The molecule has 0 atom stereocenters. The molecule has 1 spiro atoms. The molecule has 2 aliphatic heterocycles. The van der Waals surface area contributed by atoms with Crippen molar-refractivity contribution >= 4 is 0 Å². The first-order valence-corrected chi connectivity index (χ1v) is 6.39. The Balaban J connectivity index is 1.73. The lowest BCUT2D eigenvalue weighted by molar-refractivity contribution is -0.00293. The zero-order valence-corrected chi connectivity index (χ0v) is 9.78. The topological polar surface area (TPSA) is 15.3 Å². The number of hydrogen-bond acceptors (Lipinski definition) is 2. The molecule has 16 heavy (non-hydrogen) atoms. The van der Waals surface area contributed by atoms with Crippen LogP contribution in [0.15, 0.2) is 30.3 Å². The number of nitrogens with one attached hydrogen (secondary N) is 1. The third-order valence-corrected chi connectivity index (χ3v) is 4.12. The van der Waals surface area contributed by atoms with Crippen LogP contribution in [-0.2, 0) is 6.54 Å². The van der Waals surface area contributed by atoms with Crippen molar-refractivity contribution in [3.63, 3.8) is 0 Å². The summed E-state index contributed by atoms with van der Waals surface area (Å²) in [5, 5.41) is 3.45. The fraction of sp³-hybridized carbons (Fsp3) is 0.571. The van der Waals surface area contributed by atoms with E-state index < -0.39 is 0 Å². The standard InChI is InChI=1S/C14H20N2/c1-2-6-13(7-3-1)10-16-9-5-4-8-14(16)11-15-12-14/h1-3,6-7,15H,4-5,8-12H2. The number of benzene rings is 1. The molecule has 86 valence electrons.